The summed E-state index contributed by atoms with van der Waals surface area (Å²) in [6.07, 6.45) is 5.64. The lowest BCUT2D eigenvalue weighted by Crippen LogP contribution is -2.44. The Balaban J connectivity index is 1.69. The van der Waals surface area contributed by atoms with Gasteiger partial charge in [0.25, 0.3) is 0 Å². The van der Waals surface area contributed by atoms with E-state index in [0.29, 0.717) is 11.9 Å². The number of likely N-dealkylation sites (tertiary alicyclic amines) is 1. The Bertz CT molecular complexity index is 594. The third-order valence-corrected chi connectivity index (χ3v) is 4.91. The topological polar surface area (TPSA) is 58.4 Å². The maximum absolute atomic E-state index is 12.7. The van der Waals surface area contributed by atoms with E-state index >= 15 is 0 Å². The maximum atomic E-state index is 12.7. The van der Waals surface area contributed by atoms with Crippen LogP contribution in [0.25, 0.3) is 0 Å². The predicted octanol–water partition coefficient (Wildman–Crippen LogP) is 3.48. The molecule has 0 aromatic carbocycles. The largest absolute Gasteiger partial charge is 0.338 e. The molecule has 3 rings (SSSR count). The van der Waals surface area contributed by atoms with Crippen LogP contribution in [0.1, 0.15) is 58.6 Å². The molecule has 23 heavy (non-hydrogen) atoms. The van der Waals surface area contributed by atoms with E-state index in [-0.39, 0.29) is 17.4 Å². The van der Waals surface area contributed by atoms with Crippen LogP contribution in [0.5, 0.6) is 0 Å². The first-order valence-electron chi connectivity index (χ1n) is 8.55. The van der Waals surface area contributed by atoms with Crippen molar-refractivity contribution in [2.24, 2.45) is 0 Å². The van der Waals surface area contributed by atoms with Crippen LogP contribution in [0.2, 0.25) is 0 Å². The van der Waals surface area contributed by atoms with Gasteiger partial charge in [-0.05, 0) is 19.3 Å². The van der Waals surface area contributed by atoms with Crippen molar-refractivity contribution in [1.29, 1.82) is 0 Å². The molecule has 1 saturated carbocycles. The molecule has 1 N–H and O–H groups in total. The molecule has 126 valence electrons. The summed E-state index contributed by atoms with van der Waals surface area (Å²) < 4.78 is 5.29. The van der Waals surface area contributed by atoms with Gasteiger partial charge in [0.15, 0.2) is 0 Å². The van der Waals surface area contributed by atoms with Gasteiger partial charge < -0.3 is 4.52 Å². The number of carbonyl (C=O) groups excluding carboxylic acids is 1. The average molecular weight is 317 g/mol. The number of carbonyl (C=O) groups is 1. The zero-order chi connectivity index (χ0) is 16.6. The van der Waals surface area contributed by atoms with Crippen LogP contribution in [0.3, 0.4) is 0 Å². The number of aromatic nitrogens is 1. The first-order valence-corrected chi connectivity index (χ1v) is 8.55. The fraction of sp³-hybridized carbons (Fsp3) is 0.667. The first-order chi connectivity index (χ1) is 10.8. The molecule has 1 aromatic heterocycles. The van der Waals surface area contributed by atoms with E-state index in [1.165, 1.54) is 25.7 Å². The van der Waals surface area contributed by atoms with Gasteiger partial charge in [0.2, 0.25) is 11.8 Å². The quantitative estimate of drug-likeness (QED) is 0.867. The van der Waals surface area contributed by atoms with Crippen LogP contribution in [0.4, 0.5) is 5.88 Å². The molecule has 0 spiro atoms. The predicted molar refractivity (Wildman–Crippen MR) is 90.3 cm³/mol. The van der Waals surface area contributed by atoms with E-state index in [1.807, 2.05) is 6.07 Å². The normalized spacial score (nSPS) is 23.6. The minimum absolute atomic E-state index is 0.00726. The van der Waals surface area contributed by atoms with E-state index in [4.69, 9.17) is 4.52 Å². The smallest absolute Gasteiger partial charge is 0.244 e. The van der Waals surface area contributed by atoms with Gasteiger partial charge in [-0.2, -0.15) is 0 Å². The van der Waals surface area contributed by atoms with Crippen molar-refractivity contribution >= 4 is 11.8 Å². The van der Waals surface area contributed by atoms with E-state index in [9.17, 15) is 4.79 Å². The lowest BCUT2D eigenvalue weighted by atomic mass is 9.92. The number of amides is 1. The van der Waals surface area contributed by atoms with Crippen molar-refractivity contribution < 1.29 is 9.32 Å². The summed E-state index contributed by atoms with van der Waals surface area (Å²) in [6.45, 7) is 11.1. The fourth-order valence-electron chi connectivity index (χ4n) is 3.58. The summed E-state index contributed by atoms with van der Waals surface area (Å²) in [7, 11) is 0. The molecule has 1 amide bonds. The van der Waals surface area contributed by atoms with Gasteiger partial charge in [0, 0.05) is 24.1 Å². The zero-order valence-electron chi connectivity index (χ0n) is 14.4. The second-order valence-corrected chi connectivity index (χ2v) is 7.90. The lowest BCUT2D eigenvalue weighted by molar-refractivity contribution is -0.121. The third-order valence-electron chi connectivity index (χ3n) is 4.91. The van der Waals surface area contributed by atoms with Crippen LogP contribution in [-0.2, 0) is 10.2 Å². The Labute approximate surface area is 138 Å². The van der Waals surface area contributed by atoms with Crippen molar-refractivity contribution in [2.45, 2.75) is 70.4 Å². The molecular formula is C18H27N3O2. The number of anilines is 1. The highest BCUT2D eigenvalue weighted by molar-refractivity contribution is 5.94. The number of hydrogen-bond acceptors (Lipinski definition) is 4. The Kier molecular flexibility index (Phi) is 4.32. The molecule has 1 atom stereocenters. The van der Waals surface area contributed by atoms with E-state index in [2.05, 4.69) is 42.7 Å². The maximum Gasteiger partial charge on any atom is 0.244 e. The Morgan fingerprint density at radius 3 is 2.70 bits per heavy atom. The molecule has 1 aliphatic carbocycles. The van der Waals surface area contributed by atoms with Gasteiger partial charge in [-0.3, -0.25) is 15.0 Å². The zero-order valence-corrected chi connectivity index (χ0v) is 14.4. The van der Waals surface area contributed by atoms with Gasteiger partial charge >= 0.3 is 0 Å². The van der Waals surface area contributed by atoms with E-state index in [1.54, 1.807) is 0 Å². The second kappa shape index (κ2) is 6.11. The molecule has 2 aliphatic rings. The number of rotatable bonds is 3. The summed E-state index contributed by atoms with van der Waals surface area (Å²) in [4.78, 5) is 15.0. The summed E-state index contributed by atoms with van der Waals surface area (Å²) in [5.74, 6) is 0.427. The fourth-order valence-corrected chi connectivity index (χ4v) is 3.58. The summed E-state index contributed by atoms with van der Waals surface area (Å²) in [6, 6.07) is 2.21. The van der Waals surface area contributed by atoms with Crippen molar-refractivity contribution in [2.75, 3.05) is 11.9 Å². The van der Waals surface area contributed by atoms with Gasteiger partial charge in [0.05, 0.1) is 11.7 Å². The molecular weight excluding hydrogens is 290 g/mol. The Morgan fingerprint density at radius 2 is 2.09 bits per heavy atom. The van der Waals surface area contributed by atoms with Crippen molar-refractivity contribution in [3.8, 4) is 0 Å². The molecule has 1 aromatic rings. The third kappa shape index (κ3) is 3.50. The number of hydrogen-bond donors (Lipinski definition) is 1. The molecule has 0 radical (unpaired) electrons. The lowest BCUT2D eigenvalue weighted by Gasteiger charge is -2.28. The molecule has 2 heterocycles. The summed E-state index contributed by atoms with van der Waals surface area (Å²) >= 11 is 0. The average Bonchev–Trinajstić information content (AvgIpc) is 3.15. The van der Waals surface area contributed by atoms with Gasteiger partial charge in [-0.25, -0.2) is 0 Å². The molecule has 2 fully saturated rings. The SMILES string of the molecule is C=C1C[C@@H](C(=O)Nc2cc(C(C)(C)C)no2)N(C2CCCC2)C1. The summed E-state index contributed by atoms with van der Waals surface area (Å²) in [5.41, 5.74) is 1.89. The molecule has 5 nitrogen and oxygen atoms in total. The van der Waals surface area contributed by atoms with E-state index < -0.39 is 0 Å². The molecule has 0 bridgehead atoms. The van der Waals surface area contributed by atoms with Crippen molar-refractivity contribution in [3.05, 3.63) is 23.9 Å². The standard InChI is InChI=1S/C18H27N3O2/c1-12-9-14(21(11-12)13-7-5-6-8-13)17(22)19-16-10-15(20-23-16)18(2,3)4/h10,13-14H,1,5-9,11H2,2-4H3,(H,19,22)/t14-/m0/s1. The van der Waals surface area contributed by atoms with Gasteiger partial charge in [0.1, 0.15) is 0 Å². The van der Waals surface area contributed by atoms with Crippen LogP contribution in [0, 0.1) is 0 Å². The molecule has 1 saturated heterocycles. The summed E-state index contributed by atoms with van der Waals surface area (Å²) in [5, 5.41) is 6.96. The Hall–Kier alpha value is -1.62. The van der Waals surface area contributed by atoms with Crippen molar-refractivity contribution in [3.63, 3.8) is 0 Å². The number of nitrogens with one attached hydrogen (secondary N) is 1. The monoisotopic (exact) mass is 317 g/mol. The highest BCUT2D eigenvalue weighted by atomic mass is 16.5. The highest BCUT2D eigenvalue weighted by Crippen LogP contribution is 2.32. The first kappa shape index (κ1) is 16.2. The number of nitrogens with zero attached hydrogens (tertiary/aromatic N) is 2. The second-order valence-electron chi connectivity index (χ2n) is 7.90. The van der Waals surface area contributed by atoms with Gasteiger partial charge in [-0.1, -0.05) is 50.9 Å². The minimum atomic E-state index is -0.131. The van der Waals surface area contributed by atoms with Crippen LogP contribution in [0.15, 0.2) is 22.7 Å². The highest BCUT2D eigenvalue weighted by Gasteiger charge is 2.38. The Morgan fingerprint density at radius 1 is 1.39 bits per heavy atom. The van der Waals surface area contributed by atoms with Crippen LogP contribution >= 0.6 is 0 Å². The minimum Gasteiger partial charge on any atom is -0.338 e. The molecule has 0 unspecified atom stereocenters. The molecule has 1 aliphatic heterocycles. The van der Waals surface area contributed by atoms with Crippen molar-refractivity contribution in [1.82, 2.24) is 10.1 Å². The van der Waals surface area contributed by atoms with Gasteiger partial charge in [-0.15, -0.1) is 0 Å². The van der Waals surface area contributed by atoms with E-state index in [0.717, 1.165) is 24.2 Å². The van der Waals surface area contributed by atoms with Crippen LogP contribution in [-0.4, -0.2) is 34.6 Å². The van der Waals surface area contributed by atoms with Crippen LogP contribution < -0.4 is 5.32 Å². The molecule has 5 heteroatoms.